The van der Waals surface area contributed by atoms with Crippen LogP contribution >= 0.6 is 0 Å². The summed E-state index contributed by atoms with van der Waals surface area (Å²) in [6.07, 6.45) is 1.03. The summed E-state index contributed by atoms with van der Waals surface area (Å²) in [5.41, 5.74) is 2.74. The molecule has 0 saturated carbocycles. The first kappa shape index (κ1) is 45.3. The van der Waals surface area contributed by atoms with E-state index in [1.165, 1.54) is 11.1 Å². The van der Waals surface area contributed by atoms with Gasteiger partial charge in [-0.15, -0.1) is 0 Å². The van der Waals surface area contributed by atoms with Crippen LogP contribution in [0.4, 0.5) is 0 Å². The van der Waals surface area contributed by atoms with Gasteiger partial charge in [0.25, 0.3) is 0 Å². The van der Waals surface area contributed by atoms with Crippen LogP contribution in [-0.2, 0) is 39.1 Å². The van der Waals surface area contributed by atoms with E-state index in [0.29, 0.717) is 0 Å². The summed E-state index contributed by atoms with van der Waals surface area (Å²) in [5, 5.41) is 0. The van der Waals surface area contributed by atoms with Gasteiger partial charge in [0.1, 0.15) is 0 Å². The SMILES string of the molecule is CC.CC.CC.CC.CC.[CH2-]C.[CH3-].[Y].c1ccc(Cc2ccccc2)cc1. The molecule has 0 amide bonds. The van der Waals surface area contributed by atoms with E-state index in [0.717, 1.165) is 6.42 Å². The standard InChI is InChI=1S/C13H12.5C2H6.C2H5.CH3.Y/c1-3-7-12(8-4-1)11-13-9-5-2-6-10-13;6*1-2;;/h1-10H,11H2;5*1-2H3;1H2,2H3;1H3;/q;;;;;;2*-1;. The monoisotopic (exact) mass is 451 g/mol. The quantitative estimate of drug-likeness (QED) is 0.399. The molecule has 2 rings (SSSR count). The maximum atomic E-state index is 3.25. The van der Waals surface area contributed by atoms with Crippen molar-refractivity contribution in [3.63, 3.8) is 0 Å². The summed E-state index contributed by atoms with van der Waals surface area (Å²) in [4.78, 5) is 0. The first-order chi connectivity index (χ1) is 12.4. The van der Waals surface area contributed by atoms with Crippen molar-refractivity contribution in [3.05, 3.63) is 86.1 Å². The van der Waals surface area contributed by atoms with Gasteiger partial charge in [0, 0.05) is 32.7 Å². The number of hydrogen-bond acceptors (Lipinski definition) is 0. The maximum absolute atomic E-state index is 3.25. The number of hydrogen-bond donors (Lipinski definition) is 0. The third-order valence-corrected chi connectivity index (χ3v) is 2.09. The fourth-order valence-corrected chi connectivity index (χ4v) is 1.43. The Morgan fingerprint density at radius 2 is 0.667 bits per heavy atom. The van der Waals surface area contributed by atoms with Gasteiger partial charge in [0.05, 0.1) is 0 Å². The number of rotatable bonds is 2. The average molecular weight is 452 g/mol. The molecule has 0 atom stereocenters. The summed E-state index contributed by atoms with van der Waals surface area (Å²) < 4.78 is 0. The molecule has 0 aromatic heterocycles. The Labute approximate surface area is 200 Å². The molecule has 27 heavy (non-hydrogen) atoms. The molecule has 0 heterocycles. The van der Waals surface area contributed by atoms with E-state index in [-0.39, 0.29) is 40.1 Å². The Kier molecular flexibility index (Phi) is 94.4. The Balaban J connectivity index is -0.0000000496. The van der Waals surface area contributed by atoms with Crippen LogP contribution in [0.2, 0.25) is 0 Å². The molecule has 0 bridgehead atoms. The Morgan fingerprint density at radius 3 is 0.852 bits per heavy atom. The molecule has 0 spiro atoms. The normalized spacial score (nSPS) is 6.07. The summed E-state index contributed by atoms with van der Waals surface area (Å²) in [5.74, 6) is 0. The van der Waals surface area contributed by atoms with Crippen molar-refractivity contribution in [2.75, 3.05) is 0 Å². The van der Waals surface area contributed by atoms with E-state index in [2.05, 4.69) is 67.6 Å². The average Bonchev–Trinajstić information content (AvgIpc) is 2.78. The van der Waals surface area contributed by atoms with E-state index in [1.807, 2.05) is 69.2 Å². The van der Waals surface area contributed by atoms with Gasteiger partial charge in [-0.25, -0.2) is 0 Å². The minimum Gasteiger partial charge on any atom is -0.358 e. The van der Waals surface area contributed by atoms with Gasteiger partial charge in [0.15, 0.2) is 0 Å². The van der Waals surface area contributed by atoms with Crippen molar-refractivity contribution in [3.8, 4) is 0 Å². The van der Waals surface area contributed by atoms with Gasteiger partial charge in [-0.3, -0.25) is 0 Å². The molecule has 2 aromatic carbocycles. The van der Waals surface area contributed by atoms with Gasteiger partial charge in [0.2, 0.25) is 0 Å². The fraction of sp³-hybridized carbons (Fsp3) is 0.462. The first-order valence-electron chi connectivity index (χ1n) is 10.2. The molecule has 0 aliphatic rings. The smallest absolute Gasteiger partial charge is 0 e. The second kappa shape index (κ2) is 56.2. The molecule has 2 aromatic rings. The van der Waals surface area contributed by atoms with Crippen LogP contribution in [0.1, 0.15) is 87.3 Å². The molecule has 0 unspecified atom stereocenters. The second-order valence-electron chi connectivity index (χ2n) is 3.15. The zero-order chi connectivity index (χ0) is 20.9. The van der Waals surface area contributed by atoms with Crippen LogP contribution in [0.25, 0.3) is 0 Å². The molecular weight excluding hydrogens is 401 g/mol. The molecular formula is C26H50Y-2. The van der Waals surface area contributed by atoms with E-state index < -0.39 is 0 Å². The van der Waals surface area contributed by atoms with E-state index in [9.17, 15) is 0 Å². The molecule has 0 aliphatic heterocycles. The van der Waals surface area contributed by atoms with Crippen LogP contribution in [0.15, 0.2) is 60.7 Å². The summed E-state index contributed by atoms with van der Waals surface area (Å²) in [7, 11) is 0. The van der Waals surface area contributed by atoms with Gasteiger partial charge in [-0.2, -0.15) is 6.92 Å². The minimum absolute atomic E-state index is 0. The zero-order valence-electron chi connectivity index (χ0n) is 20.8. The zero-order valence-corrected chi connectivity index (χ0v) is 23.6. The molecule has 0 fully saturated rings. The summed E-state index contributed by atoms with van der Waals surface area (Å²) in [6.45, 7) is 25.0. The fourth-order valence-electron chi connectivity index (χ4n) is 1.43. The van der Waals surface area contributed by atoms with Crippen LogP contribution in [0.5, 0.6) is 0 Å². The van der Waals surface area contributed by atoms with Crippen molar-refractivity contribution >= 4 is 0 Å². The van der Waals surface area contributed by atoms with Crippen LogP contribution in [-0.4, -0.2) is 0 Å². The number of benzene rings is 2. The third kappa shape index (κ3) is 37.1. The Morgan fingerprint density at radius 1 is 0.481 bits per heavy atom. The van der Waals surface area contributed by atoms with Gasteiger partial charge in [-0.1, -0.05) is 130 Å². The maximum Gasteiger partial charge on any atom is 0 e. The second-order valence-corrected chi connectivity index (χ2v) is 3.15. The van der Waals surface area contributed by atoms with Crippen molar-refractivity contribution in [2.45, 2.75) is 82.6 Å². The van der Waals surface area contributed by atoms with Crippen molar-refractivity contribution in [1.29, 1.82) is 0 Å². The predicted octanol–water partition coefficient (Wildman–Crippen LogP) is 9.70. The Bertz CT molecular complexity index is 317. The van der Waals surface area contributed by atoms with Crippen molar-refractivity contribution < 1.29 is 32.7 Å². The molecule has 159 valence electrons. The topological polar surface area (TPSA) is 0 Å². The van der Waals surface area contributed by atoms with Crippen LogP contribution in [0, 0.1) is 14.4 Å². The summed E-state index contributed by atoms with van der Waals surface area (Å²) >= 11 is 0. The van der Waals surface area contributed by atoms with E-state index in [4.69, 9.17) is 0 Å². The third-order valence-electron chi connectivity index (χ3n) is 2.09. The van der Waals surface area contributed by atoms with Crippen molar-refractivity contribution in [1.82, 2.24) is 0 Å². The van der Waals surface area contributed by atoms with Crippen LogP contribution < -0.4 is 0 Å². The van der Waals surface area contributed by atoms with Gasteiger partial charge in [-0.05, 0) is 17.5 Å². The minimum atomic E-state index is 0. The van der Waals surface area contributed by atoms with E-state index >= 15 is 0 Å². The molecule has 1 heteroatoms. The van der Waals surface area contributed by atoms with E-state index in [1.54, 1.807) is 6.92 Å². The van der Waals surface area contributed by atoms with Crippen molar-refractivity contribution in [2.24, 2.45) is 0 Å². The molecule has 0 aliphatic carbocycles. The predicted molar refractivity (Wildman–Crippen MR) is 130 cm³/mol. The van der Waals surface area contributed by atoms with Gasteiger partial charge >= 0.3 is 0 Å². The molecule has 0 nitrogen and oxygen atoms in total. The summed E-state index contributed by atoms with van der Waals surface area (Å²) in [6, 6.07) is 21.1. The Hall–Kier alpha value is -0.456. The largest absolute Gasteiger partial charge is 0.358 e. The molecule has 0 N–H and O–H groups in total. The molecule has 1 radical (unpaired) electrons. The van der Waals surface area contributed by atoms with Crippen LogP contribution in [0.3, 0.4) is 0 Å². The van der Waals surface area contributed by atoms with Gasteiger partial charge < -0.3 is 14.4 Å². The first-order valence-corrected chi connectivity index (χ1v) is 10.2. The molecule has 0 saturated heterocycles.